The molecule has 0 radical (unpaired) electrons. The summed E-state index contributed by atoms with van der Waals surface area (Å²) in [6.45, 7) is 5.82. The molecule has 0 saturated heterocycles. The second kappa shape index (κ2) is 7.76. The highest BCUT2D eigenvalue weighted by Gasteiger charge is 2.12. The van der Waals surface area contributed by atoms with Crippen LogP contribution in [0.15, 0.2) is 24.3 Å². The minimum Gasteiger partial charge on any atom is -0.492 e. The molecule has 92 valence electrons. The van der Waals surface area contributed by atoms with Crippen LogP contribution in [0.1, 0.15) is 38.3 Å². The minimum atomic E-state index is 0.349. The summed E-state index contributed by atoms with van der Waals surface area (Å²) in [5, 5.41) is 3.46. The second-order valence-electron chi connectivity index (χ2n) is 3.86. The zero-order chi connectivity index (χ0) is 12.5. The molecule has 1 unspecified atom stereocenters. The lowest BCUT2D eigenvalue weighted by Crippen LogP contribution is -2.20. The van der Waals surface area contributed by atoms with Crippen LogP contribution in [-0.4, -0.2) is 13.2 Å². The van der Waals surface area contributed by atoms with Gasteiger partial charge in [-0.3, -0.25) is 0 Å². The predicted molar refractivity (Wildman–Crippen MR) is 72.1 cm³/mol. The first-order chi connectivity index (χ1) is 8.33. The number of ether oxygens (including phenoxy) is 1. The highest BCUT2D eigenvalue weighted by atomic mass is 16.5. The molecule has 1 N–H and O–H groups in total. The first-order valence-electron chi connectivity index (χ1n) is 6.22. The average Bonchev–Trinajstić information content (AvgIpc) is 2.37. The Morgan fingerprint density at radius 3 is 2.76 bits per heavy atom. The quantitative estimate of drug-likeness (QED) is 0.575. The molecule has 0 spiro atoms. The van der Waals surface area contributed by atoms with Gasteiger partial charge < -0.3 is 10.1 Å². The summed E-state index contributed by atoms with van der Waals surface area (Å²) < 4.78 is 5.72. The Morgan fingerprint density at radius 2 is 2.12 bits per heavy atom. The van der Waals surface area contributed by atoms with Gasteiger partial charge in [0.1, 0.15) is 5.75 Å². The molecule has 0 aliphatic heterocycles. The van der Waals surface area contributed by atoms with E-state index >= 15 is 0 Å². The lowest BCUT2D eigenvalue weighted by atomic mass is 10.0. The maximum absolute atomic E-state index is 5.72. The van der Waals surface area contributed by atoms with E-state index in [2.05, 4.69) is 31.2 Å². The summed E-state index contributed by atoms with van der Waals surface area (Å²) in [5.41, 5.74) is 1.22. The number of nitrogens with one attached hydrogen (secondary N) is 1. The molecular weight excluding hydrogens is 210 g/mol. The molecule has 2 nitrogen and oxygen atoms in total. The summed E-state index contributed by atoms with van der Waals surface area (Å²) in [6, 6.07) is 8.51. The van der Waals surface area contributed by atoms with Crippen molar-refractivity contribution in [2.24, 2.45) is 0 Å². The molecule has 1 rings (SSSR count). The van der Waals surface area contributed by atoms with Crippen molar-refractivity contribution >= 4 is 0 Å². The molecule has 2 heteroatoms. The van der Waals surface area contributed by atoms with Gasteiger partial charge in [0.05, 0.1) is 6.61 Å². The van der Waals surface area contributed by atoms with Crippen molar-refractivity contribution in [3.8, 4) is 18.1 Å². The molecule has 0 fully saturated rings. The van der Waals surface area contributed by atoms with Crippen molar-refractivity contribution in [1.82, 2.24) is 5.32 Å². The second-order valence-corrected chi connectivity index (χ2v) is 3.86. The van der Waals surface area contributed by atoms with E-state index in [9.17, 15) is 0 Å². The molecule has 0 aromatic heterocycles. The maximum atomic E-state index is 5.72. The van der Waals surface area contributed by atoms with E-state index in [0.717, 1.165) is 18.7 Å². The Hall–Kier alpha value is -1.46. The van der Waals surface area contributed by atoms with Gasteiger partial charge in [-0.2, -0.15) is 0 Å². The van der Waals surface area contributed by atoms with Crippen LogP contribution in [-0.2, 0) is 0 Å². The fraction of sp³-hybridized carbons (Fsp3) is 0.467. The SMILES string of the molecule is C#CCCOc1ccccc1C(CC)NCC. The number of rotatable bonds is 7. The predicted octanol–water partition coefficient (Wildman–Crippen LogP) is 3.15. The summed E-state index contributed by atoms with van der Waals surface area (Å²) in [4.78, 5) is 0. The standard InChI is InChI=1S/C15H21NO/c1-4-7-12-17-15-11-9-8-10-13(15)14(5-2)16-6-3/h1,8-11,14,16H,5-7,12H2,2-3H3. The molecular formula is C15H21NO. The lowest BCUT2D eigenvalue weighted by molar-refractivity contribution is 0.318. The molecule has 0 amide bonds. The number of para-hydroxylation sites is 1. The van der Waals surface area contributed by atoms with Crippen molar-refractivity contribution in [2.75, 3.05) is 13.2 Å². The number of hydrogen-bond acceptors (Lipinski definition) is 2. The van der Waals surface area contributed by atoms with Crippen LogP contribution in [0.5, 0.6) is 5.75 Å². The minimum absolute atomic E-state index is 0.349. The number of terminal acetylenes is 1. The van der Waals surface area contributed by atoms with Gasteiger partial charge >= 0.3 is 0 Å². The van der Waals surface area contributed by atoms with E-state index < -0.39 is 0 Å². The third-order valence-corrected chi connectivity index (χ3v) is 2.66. The third-order valence-electron chi connectivity index (χ3n) is 2.66. The van der Waals surface area contributed by atoms with Gasteiger partial charge in [0, 0.05) is 18.0 Å². The van der Waals surface area contributed by atoms with Crippen LogP contribution in [0.3, 0.4) is 0 Å². The molecule has 0 saturated carbocycles. The van der Waals surface area contributed by atoms with E-state index in [4.69, 9.17) is 11.2 Å². The molecule has 1 atom stereocenters. The van der Waals surface area contributed by atoms with E-state index in [1.807, 2.05) is 18.2 Å². The summed E-state index contributed by atoms with van der Waals surface area (Å²) in [6.07, 6.45) is 6.91. The number of benzene rings is 1. The average molecular weight is 231 g/mol. The summed E-state index contributed by atoms with van der Waals surface area (Å²) in [7, 11) is 0. The van der Waals surface area contributed by atoms with Crippen LogP contribution >= 0.6 is 0 Å². The van der Waals surface area contributed by atoms with Crippen molar-refractivity contribution in [3.05, 3.63) is 29.8 Å². The van der Waals surface area contributed by atoms with Gasteiger partial charge in [-0.15, -0.1) is 12.3 Å². The monoisotopic (exact) mass is 231 g/mol. The van der Waals surface area contributed by atoms with Crippen LogP contribution in [0.25, 0.3) is 0 Å². The fourth-order valence-corrected chi connectivity index (χ4v) is 1.84. The van der Waals surface area contributed by atoms with Gasteiger partial charge in [0.2, 0.25) is 0 Å². The van der Waals surface area contributed by atoms with Gasteiger partial charge in [0.15, 0.2) is 0 Å². The molecule has 1 aromatic rings. The molecule has 17 heavy (non-hydrogen) atoms. The molecule has 0 aliphatic carbocycles. The Kier molecular flexibility index (Phi) is 6.21. The molecule has 0 aliphatic rings. The summed E-state index contributed by atoms with van der Waals surface area (Å²) >= 11 is 0. The van der Waals surface area contributed by atoms with E-state index in [1.165, 1.54) is 5.56 Å². The van der Waals surface area contributed by atoms with Crippen LogP contribution in [0.4, 0.5) is 0 Å². The smallest absolute Gasteiger partial charge is 0.124 e. The first-order valence-corrected chi connectivity index (χ1v) is 6.22. The largest absolute Gasteiger partial charge is 0.492 e. The Morgan fingerprint density at radius 1 is 1.35 bits per heavy atom. The van der Waals surface area contributed by atoms with Gasteiger partial charge in [-0.1, -0.05) is 32.0 Å². The topological polar surface area (TPSA) is 21.3 Å². The zero-order valence-electron chi connectivity index (χ0n) is 10.7. The summed E-state index contributed by atoms with van der Waals surface area (Å²) in [5.74, 6) is 3.53. The van der Waals surface area contributed by atoms with Crippen molar-refractivity contribution in [1.29, 1.82) is 0 Å². The van der Waals surface area contributed by atoms with Crippen molar-refractivity contribution in [2.45, 2.75) is 32.7 Å². The van der Waals surface area contributed by atoms with Crippen LogP contribution in [0.2, 0.25) is 0 Å². The normalized spacial score (nSPS) is 11.8. The molecule has 1 aromatic carbocycles. The lowest BCUT2D eigenvalue weighted by Gasteiger charge is -2.19. The van der Waals surface area contributed by atoms with E-state index in [0.29, 0.717) is 19.1 Å². The Bertz CT molecular complexity index is 367. The van der Waals surface area contributed by atoms with Crippen LogP contribution in [0, 0.1) is 12.3 Å². The van der Waals surface area contributed by atoms with Crippen LogP contribution < -0.4 is 10.1 Å². The molecule has 0 bridgehead atoms. The van der Waals surface area contributed by atoms with E-state index in [1.54, 1.807) is 0 Å². The molecule has 0 heterocycles. The Balaban J connectivity index is 2.78. The van der Waals surface area contributed by atoms with Crippen molar-refractivity contribution < 1.29 is 4.74 Å². The Labute approximate surface area is 104 Å². The van der Waals surface area contributed by atoms with E-state index in [-0.39, 0.29) is 0 Å². The van der Waals surface area contributed by atoms with Gasteiger partial charge in [-0.25, -0.2) is 0 Å². The maximum Gasteiger partial charge on any atom is 0.124 e. The highest BCUT2D eigenvalue weighted by molar-refractivity contribution is 5.36. The third kappa shape index (κ3) is 4.13. The first kappa shape index (κ1) is 13.6. The van der Waals surface area contributed by atoms with Gasteiger partial charge in [0.25, 0.3) is 0 Å². The number of hydrogen-bond donors (Lipinski definition) is 1. The highest BCUT2D eigenvalue weighted by Crippen LogP contribution is 2.27. The zero-order valence-corrected chi connectivity index (χ0v) is 10.7. The van der Waals surface area contributed by atoms with Crippen molar-refractivity contribution in [3.63, 3.8) is 0 Å². The fourth-order valence-electron chi connectivity index (χ4n) is 1.84. The van der Waals surface area contributed by atoms with Gasteiger partial charge in [-0.05, 0) is 19.0 Å².